The molecule has 1 saturated heterocycles. The van der Waals surface area contributed by atoms with Crippen molar-refractivity contribution in [1.82, 2.24) is 8.87 Å². The van der Waals surface area contributed by atoms with E-state index >= 15 is 0 Å². The summed E-state index contributed by atoms with van der Waals surface area (Å²) in [6.07, 6.45) is 7.35. The van der Waals surface area contributed by atoms with Gasteiger partial charge in [0.15, 0.2) is 14.6 Å². The van der Waals surface area contributed by atoms with Crippen molar-refractivity contribution in [3.05, 3.63) is 53.1 Å². The Kier molecular flexibility index (Phi) is 6.48. The lowest BCUT2D eigenvalue weighted by Crippen LogP contribution is -2.40. The van der Waals surface area contributed by atoms with Gasteiger partial charge in [0.05, 0.1) is 26.6 Å². The molecule has 12 heteroatoms. The average molecular weight is 522 g/mol. The van der Waals surface area contributed by atoms with E-state index in [4.69, 9.17) is 6.42 Å². The first-order valence-corrected chi connectivity index (χ1v) is 14.3. The summed E-state index contributed by atoms with van der Waals surface area (Å²) in [7, 11) is -7.46. The molecule has 3 aromatic rings. The van der Waals surface area contributed by atoms with Crippen LogP contribution in [0.2, 0.25) is 0 Å². The summed E-state index contributed by atoms with van der Waals surface area (Å²) in [6, 6.07) is 7.96. The largest absolute Gasteiger partial charge is 0.305 e. The van der Waals surface area contributed by atoms with E-state index in [1.807, 2.05) is 0 Å². The summed E-state index contributed by atoms with van der Waals surface area (Å²) in [4.78, 5) is 17.6. The first-order valence-electron chi connectivity index (χ1n) is 10.2. The highest BCUT2D eigenvalue weighted by molar-refractivity contribution is 7.90. The van der Waals surface area contributed by atoms with Crippen molar-refractivity contribution >= 4 is 47.3 Å². The predicted octanol–water partition coefficient (Wildman–Crippen LogP) is 2.16. The summed E-state index contributed by atoms with van der Waals surface area (Å²) in [5, 5.41) is 0. The summed E-state index contributed by atoms with van der Waals surface area (Å²) in [6.45, 7) is 0.229. The molecular weight excluding hydrogens is 501 g/mol. The van der Waals surface area contributed by atoms with Crippen molar-refractivity contribution in [2.24, 2.45) is 4.99 Å². The Labute approximate surface area is 200 Å². The monoisotopic (exact) mass is 521 g/mol. The Morgan fingerprint density at radius 2 is 1.85 bits per heavy atom. The zero-order chi connectivity index (χ0) is 24.7. The number of nitrogens with zero attached hydrogens (tertiary/aromatic N) is 3. The van der Waals surface area contributed by atoms with Crippen LogP contribution in [0.15, 0.2) is 57.2 Å². The second-order valence-corrected chi connectivity index (χ2v) is 12.7. The van der Waals surface area contributed by atoms with Crippen molar-refractivity contribution in [2.45, 2.75) is 35.2 Å². The van der Waals surface area contributed by atoms with Crippen LogP contribution >= 0.6 is 11.3 Å². The fourth-order valence-electron chi connectivity index (χ4n) is 3.80. The van der Waals surface area contributed by atoms with Crippen LogP contribution in [0.4, 0.5) is 4.39 Å². The van der Waals surface area contributed by atoms with Gasteiger partial charge < -0.3 is 4.57 Å². The minimum Gasteiger partial charge on any atom is -0.305 e. The maximum absolute atomic E-state index is 13.3. The lowest BCUT2D eigenvalue weighted by Gasteiger charge is -2.21. The molecule has 1 fully saturated rings. The molecule has 2 aromatic carbocycles. The Morgan fingerprint density at radius 3 is 2.50 bits per heavy atom. The minimum atomic E-state index is -4.03. The van der Waals surface area contributed by atoms with Gasteiger partial charge in [0.2, 0.25) is 10.0 Å². The number of sulfonamides is 1. The number of hydrogen-bond donors (Lipinski definition) is 0. The smallest absolute Gasteiger partial charge is 0.266 e. The molecule has 1 unspecified atom stereocenters. The third kappa shape index (κ3) is 4.56. The number of sulfone groups is 1. The van der Waals surface area contributed by atoms with E-state index in [0.717, 1.165) is 46.2 Å². The molecule has 1 aliphatic heterocycles. The van der Waals surface area contributed by atoms with Crippen molar-refractivity contribution in [3.8, 4) is 12.3 Å². The number of rotatable bonds is 5. The molecule has 8 nitrogen and oxygen atoms in total. The fourth-order valence-corrected chi connectivity index (χ4v) is 7.25. The maximum Gasteiger partial charge on any atom is 0.266 e. The molecule has 0 radical (unpaired) electrons. The molecule has 0 bridgehead atoms. The van der Waals surface area contributed by atoms with Crippen LogP contribution < -0.4 is 4.80 Å². The molecule has 2 heterocycles. The van der Waals surface area contributed by atoms with Crippen LogP contribution in [0.1, 0.15) is 12.8 Å². The van der Waals surface area contributed by atoms with Gasteiger partial charge in [-0.25, -0.2) is 21.2 Å². The molecule has 0 aliphatic carbocycles. The molecule has 34 heavy (non-hydrogen) atoms. The van der Waals surface area contributed by atoms with Gasteiger partial charge in [-0.05, 0) is 55.3 Å². The summed E-state index contributed by atoms with van der Waals surface area (Å²) in [5.41, 5.74) is 0.615. The first-order chi connectivity index (χ1) is 16.0. The van der Waals surface area contributed by atoms with Gasteiger partial charge in [-0.1, -0.05) is 17.3 Å². The Bertz CT molecular complexity index is 1600. The number of halogens is 1. The van der Waals surface area contributed by atoms with Gasteiger partial charge in [-0.2, -0.15) is 9.30 Å². The number of hydrogen-bond acceptors (Lipinski definition) is 6. The van der Waals surface area contributed by atoms with Crippen molar-refractivity contribution in [3.63, 3.8) is 0 Å². The summed E-state index contributed by atoms with van der Waals surface area (Å²) < 4.78 is 66.5. The lowest BCUT2D eigenvalue weighted by atomic mass is 10.2. The molecule has 1 aromatic heterocycles. The van der Waals surface area contributed by atoms with E-state index in [1.165, 1.54) is 12.1 Å². The van der Waals surface area contributed by atoms with Gasteiger partial charge in [0, 0.05) is 12.8 Å². The van der Waals surface area contributed by atoms with Crippen molar-refractivity contribution in [1.29, 1.82) is 0 Å². The highest BCUT2D eigenvalue weighted by Gasteiger charge is 2.39. The zero-order valence-electron chi connectivity index (χ0n) is 18.0. The topological polar surface area (TPSA) is 106 Å². The summed E-state index contributed by atoms with van der Waals surface area (Å²) in [5.74, 6) is 1.28. The number of carbonyl (C=O) groups excluding carboxylic acids is 1. The van der Waals surface area contributed by atoms with Crippen LogP contribution in [0.5, 0.6) is 0 Å². The molecule has 0 saturated carbocycles. The molecular formula is C22H20FN3O5S3. The lowest BCUT2D eigenvalue weighted by molar-refractivity contribution is -0.121. The van der Waals surface area contributed by atoms with Crippen molar-refractivity contribution in [2.75, 3.05) is 12.8 Å². The van der Waals surface area contributed by atoms with E-state index in [2.05, 4.69) is 10.9 Å². The molecule has 1 atom stereocenters. The first kappa shape index (κ1) is 24.3. The Hall–Kier alpha value is -2.85. The molecule has 1 aliphatic rings. The third-order valence-corrected chi connectivity index (χ3v) is 9.52. The molecule has 178 valence electrons. The number of aromatic nitrogens is 1. The molecule has 4 rings (SSSR count). The SMILES string of the molecule is C#CCn1c(=NC(=O)C2CCCN2S(=O)(=O)c2ccc(F)cc2)sc2cc(S(C)(=O)=O)ccc21. The zero-order valence-corrected chi connectivity index (χ0v) is 20.5. The van der Waals surface area contributed by atoms with Gasteiger partial charge >= 0.3 is 0 Å². The summed E-state index contributed by atoms with van der Waals surface area (Å²) >= 11 is 1.09. The van der Waals surface area contributed by atoms with E-state index in [-0.39, 0.29) is 27.7 Å². The Morgan fingerprint density at radius 1 is 1.18 bits per heavy atom. The van der Waals surface area contributed by atoms with E-state index in [0.29, 0.717) is 23.1 Å². The van der Waals surface area contributed by atoms with Crippen LogP contribution in [0, 0.1) is 18.2 Å². The highest BCUT2D eigenvalue weighted by Crippen LogP contribution is 2.27. The number of fused-ring (bicyclic) bond motifs is 1. The minimum absolute atomic E-state index is 0.0899. The van der Waals surface area contributed by atoms with Crippen molar-refractivity contribution < 1.29 is 26.0 Å². The van der Waals surface area contributed by atoms with Crippen LogP contribution in [-0.2, 0) is 31.2 Å². The van der Waals surface area contributed by atoms with Gasteiger partial charge in [0.25, 0.3) is 5.91 Å². The molecule has 0 N–H and O–H groups in total. The maximum atomic E-state index is 13.3. The standard InChI is InChI=1S/C22H20FN3O5S3/c1-3-12-25-18-11-10-17(33(2,28)29)14-20(18)32-22(25)24-21(27)19-5-4-13-26(19)34(30,31)16-8-6-15(23)7-9-16/h1,6-11,14,19H,4-5,12-13H2,2H3. The normalized spacial score (nSPS) is 17.8. The number of amides is 1. The van der Waals surface area contributed by atoms with Gasteiger partial charge in [-0.3, -0.25) is 4.79 Å². The molecule has 1 amide bonds. The van der Waals surface area contributed by atoms with E-state index < -0.39 is 37.6 Å². The number of carbonyl (C=O) groups is 1. The number of benzene rings is 2. The number of terminal acetylenes is 1. The van der Waals surface area contributed by atoms with Gasteiger partial charge in [0.1, 0.15) is 11.9 Å². The number of thiazole rings is 1. The Balaban J connectivity index is 1.75. The fraction of sp³-hybridized carbons (Fsp3) is 0.273. The second kappa shape index (κ2) is 9.07. The van der Waals surface area contributed by atoms with Crippen LogP contribution in [0.25, 0.3) is 10.2 Å². The highest BCUT2D eigenvalue weighted by atomic mass is 32.2. The third-order valence-electron chi connectivity index (χ3n) is 5.45. The predicted molar refractivity (Wildman–Crippen MR) is 126 cm³/mol. The second-order valence-electron chi connectivity index (χ2n) is 7.75. The van der Waals surface area contributed by atoms with E-state index in [9.17, 15) is 26.0 Å². The average Bonchev–Trinajstić information content (AvgIpc) is 3.39. The van der Waals surface area contributed by atoms with Crippen LogP contribution in [0.3, 0.4) is 0 Å². The van der Waals surface area contributed by atoms with Gasteiger partial charge in [-0.15, -0.1) is 6.42 Å². The quantitative estimate of drug-likeness (QED) is 0.479. The van der Waals surface area contributed by atoms with E-state index in [1.54, 1.807) is 10.6 Å². The van der Waals surface area contributed by atoms with Crippen LogP contribution in [-0.4, -0.2) is 50.5 Å². The molecule has 0 spiro atoms.